The van der Waals surface area contributed by atoms with Crippen LogP contribution in [-0.4, -0.2) is 9.85 Å². The molecule has 7 nitrogen and oxygen atoms in total. The van der Waals surface area contributed by atoms with Gasteiger partial charge in [0, 0.05) is 28.6 Å². The van der Waals surface area contributed by atoms with Crippen molar-refractivity contribution in [2.24, 2.45) is 0 Å². The number of nitrogens with zero attached hydrogens (tertiary/aromatic N) is 2. The normalized spacial score (nSPS) is 10.2. The van der Waals surface area contributed by atoms with Gasteiger partial charge in [0.25, 0.3) is 5.69 Å². The van der Waals surface area contributed by atoms with Crippen molar-refractivity contribution in [3.05, 3.63) is 60.5 Å². The molecule has 2 aromatic rings. The van der Waals surface area contributed by atoms with Gasteiger partial charge in [-0.25, -0.2) is 0 Å². The number of anilines is 1. The van der Waals surface area contributed by atoms with Gasteiger partial charge in [-0.15, -0.1) is 0 Å². The first kappa shape index (κ1) is 14.2. The Labute approximate surface area is 122 Å². The van der Waals surface area contributed by atoms with Gasteiger partial charge in [0.15, 0.2) is 0 Å². The van der Waals surface area contributed by atoms with Crippen LogP contribution in [0.1, 0.15) is 4.88 Å². The average molecular weight is 314 g/mol. The van der Waals surface area contributed by atoms with Gasteiger partial charge in [-0.1, -0.05) is 22.9 Å². The van der Waals surface area contributed by atoms with Gasteiger partial charge >= 0.3 is 5.00 Å². The molecule has 1 aromatic carbocycles. The largest absolute Gasteiger partial charge is 0.375 e. The summed E-state index contributed by atoms with van der Waals surface area (Å²) in [6, 6.07) is 7.18. The van der Waals surface area contributed by atoms with Crippen LogP contribution in [0.4, 0.5) is 16.4 Å². The molecule has 0 spiro atoms. The van der Waals surface area contributed by atoms with Gasteiger partial charge in [0.2, 0.25) is 0 Å². The molecule has 104 valence electrons. The van der Waals surface area contributed by atoms with E-state index in [0.29, 0.717) is 9.90 Å². The van der Waals surface area contributed by atoms with Crippen LogP contribution in [0.3, 0.4) is 0 Å². The predicted molar refractivity (Wildman–Crippen MR) is 76.4 cm³/mol. The lowest BCUT2D eigenvalue weighted by molar-refractivity contribution is -0.384. The molecule has 0 unspecified atom stereocenters. The summed E-state index contributed by atoms with van der Waals surface area (Å²) in [5, 5.41) is 24.7. The second-order valence-corrected chi connectivity index (χ2v) is 5.35. The van der Waals surface area contributed by atoms with Crippen LogP contribution < -0.4 is 5.32 Å². The molecule has 0 aliphatic carbocycles. The fourth-order valence-electron chi connectivity index (χ4n) is 1.55. The Hall–Kier alpha value is -2.19. The summed E-state index contributed by atoms with van der Waals surface area (Å²) in [5.41, 5.74) is 0.180. The SMILES string of the molecule is O=[N+]([O-])c1ccc(CNc2cc(Cl)ccc2[N+](=O)[O-])s1. The molecule has 0 bridgehead atoms. The smallest absolute Gasteiger partial charge is 0.324 e. The zero-order valence-electron chi connectivity index (χ0n) is 9.91. The lowest BCUT2D eigenvalue weighted by Gasteiger charge is -2.05. The van der Waals surface area contributed by atoms with Crippen LogP contribution in [0, 0.1) is 20.2 Å². The average Bonchev–Trinajstić information content (AvgIpc) is 2.85. The van der Waals surface area contributed by atoms with Gasteiger partial charge < -0.3 is 5.32 Å². The van der Waals surface area contributed by atoms with E-state index in [1.807, 2.05) is 0 Å². The number of nitro benzene ring substituents is 1. The third-order valence-corrected chi connectivity index (χ3v) is 3.71. The summed E-state index contributed by atoms with van der Waals surface area (Å²) in [4.78, 5) is 21.1. The van der Waals surface area contributed by atoms with Gasteiger partial charge in [0.1, 0.15) is 5.69 Å². The number of hydrogen-bond acceptors (Lipinski definition) is 6. The van der Waals surface area contributed by atoms with Crippen LogP contribution >= 0.6 is 22.9 Å². The van der Waals surface area contributed by atoms with Crippen LogP contribution in [0.25, 0.3) is 0 Å². The van der Waals surface area contributed by atoms with E-state index in [4.69, 9.17) is 11.6 Å². The molecule has 20 heavy (non-hydrogen) atoms. The van der Waals surface area contributed by atoms with Crippen molar-refractivity contribution in [1.82, 2.24) is 0 Å². The first-order chi connectivity index (χ1) is 9.47. The minimum Gasteiger partial charge on any atom is -0.375 e. The van der Waals surface area contributed by atoms with Gasteiger partial charge in [0.05, 0.1) is 9.85 Å². The molecule has 1 heterocycles. The molecule has 1 aromatic heterocycles. The summed E-state index contributed by atoms with van der Waals surface area (Å²) < 4.78 is 0. The Morgan fingerprint density at radius 1 is 1.15 bits per heavy atom. The molecule has 0 saturated heterocycles. The molecule has 0 fully saturated rings. The van der Waals surface area contributed by atoms with E-state index in [9.17, 15) is 20.2 Å². The maximum atomic E-state index is 10.9. The van der Waals surface area contributed by atoms with E-state index < -0.39 is 9.85 Å². The van der Waals surface area contributed by atoms with E-state index in [0.717, 1.165) is 11.3 Å². The highest BCUT2D eigenvalue weighted by molar-refractivity contribution is 7.15. The van der Waals surface area contributed by atoms with Crippen molar-refractivity contribution in [3.8, 4) is 0 Å². The fourth-order valence-corrected chi connectivity index (χ4v) is 2.48. The molecule has 1 N–H and O–H groups in total. The van der Waals surface area contributed by atoms with E-state index in [-0.39, 0.29) is 22.9 Å². The standard InChI is InChI=1S/C11H8ClN3O4S/c12-7-1-3-10(14(16)17)9(5-7)13-6-8-2-4-11(20-8)15(18)19/h1-5,13H,6H2. The monoisotopic (exact) mass is 313 g/mol. The van der Waals surface area contributed by atoms with E-state index in [1.165, 1.54) is 24.3 Å². The van der Waals surface area contributed by atoms with Crippen molar-refractivity contribution >= 4 is 39.3 Å². The van der Waals surface area contributed by atoms with Crippen molar-refractivity contribution < 1.29 is 9.85 Å². The maximum absolute atomic E-state index is 10.9. The molecule has 0 aliphatic heterocycles. The number of thiophene rings is 1. The molecular weight excluding hydrogens is 306 g/mol. The highest BCUT2D eigenvalue weighted by Gasteiger charge is 2.15. The van der Waals surface area contributed by atoms with Crippen molar-refractivity contribution in [3.63, 3.8) is 0 Å². The molecule has 0 aliphatic rings. The minimum atomic E-state index is -0.518. The summed E-state index contributed by atoms with van der Waals surface area (Å²) in [7, 11) is 0. The Morgan fingerprint density at radius 3 is 2.50 bits per heavy atom. The number of benzene rings is 1. The highest BCUT2D eigenvalue weighted by atomic mass is 35.5. The minimum absolute atomic E-state index is 0.0300. The molecule has 2 rings (SSSR count). The van der Waals surface area contributed by atoms with Crippen molar-refractivity contribution in [2.75, 3.05) is 5.32 Å². The van der Waals surface area contributed by atoms with Crippen LogP contribution in [0.5, 0.6) is 0 Å². The van der Waals surface area contributed by atoms with Crippen molar-refractivity contribution in [2.45, 2.75) is 6.54 Å². The van der Waals surface area contributed by atoms with E-state index in [1.54, 1.807) is 6.07 Å². The van der Waals surface area contributed by atoms with E-state index >= 15 is 0 Å². The molecule has 0 amide bonds. The topological polar surface area (TPSA) is 98.3 Å². The second-order valence-electron chi connectivity index (χ2n) is 3.77. The number of hydrogen-bond donors (Lipinski definition) is 1. The number of rotatable bonds is 5. The van der Waals surface area contributed by atoms with Crippen LogP contribution in [0.2, 0.25) is 5.02 Å². The first-order valence-corrected chi connectivity index (χ1v) is 6.58. The fraction of sp³-hybridized carbons (Fsp3) is 0.0909. The van der Waals surface area contributed by atoms with Gasteiger partial charge in [-0.3, -0.25) is 20.2 Å². The first-order valence-electron chi connectivity index (χ1n) is 5.38. The molecule has 0 saturated carbocycles. The lowest BCUT2D eigenvalue weighted by Crippen LogP contribution is -2.01. The van der Waals surface area contributed by atoms with Gasteiger partial charge in [-0.2, -0.15) is 0 Å². The Morgan fingerprint density at radius 2 is 1.90 bits per heavy atom. The Kier molecular flexibility index (Phi) is 4.16. The predicted octanol–water partition coefficient (Wildman–Crippen LogP) is 3.83. The number of halogens is 1. The quantitative estimate of drug-likeness (QED) is 0.668. The third-order valence-electron chi connectivity index (χ3n) is 2.44. The van der Waals surface area contributed by atoms with Crippen molar-refractivity contribution in [1.29, 1.82) is 0 Å². The maximum Gasteiger partial charge on any atom is 0.324 e. The zero-order valence-corrected chi connectivity index (χ0v) is 11.5. The van der Waals surface area contributed by atoms with Crippen LogP contribution in [-0.2, 0) is 6.54 Å². The summed E-state index contributed by atoms with van der Waals surface area (Å²) in [5.74, 6) is 0. The summed E-state index contributed by atoms with van der Waals surface area (Å²) >= 11 is 6.81. The Bertz CT molecular complexity index is 673. The van der Waals surface area contributed by atoms with Gasteiger partial charge in [-0.05, 0) is 18.2 Å². The summed E-state index contributed by atoms with van der Waals surface area (Å²) in [6.45, 7) is 0.250. The number of nitrogens with one attached hydrogen (secondary N) is 1. The molecule has 9 heteroatoms. The molecule has 0 atom stereocenters. The van der Waals surface area contributed by atoms with Crippen LogP contribution in [0.15, 0.2) is 30.3 Å². The zero-order chi connectivity index (χ0) is 14.7. The Balaban J connectivity index is 2.15. The number of nitro groups is 2. The second kappa shape index (κ2) is 5.85. The highest BCUT2D eigenvalue weighted by Crippen LogP contribution is 2.29. The third kappa shape index (κ3) is 3.22. The molecule has 0 radical (unpaired) electrons. The lowest BCUT2D eigenvalue weighted by atomic mass is 10.2. The van der Waals surface area contributed by atoms with E-state index in [2.05, 4.69) is 5.32 Å². The summed E-state index contributed by atoms with van der Waals surface area (Å²) in [6.07, 6.45) is 0. The molecular formula is C11H8ClN3O4S.